The number of hydrogen-bond acceptors (Lipinski definition) is 4. The van der Waals surface area contributed by atoms with Crippen LogP contribution in [0.5, 0.6) is 0 Å². The molecular weight excluding hydrogens is 356 g/mol. The highest BCUT2D eigenvalue weighted by atomic mass is 32.2. The first-order valence-corrected chi connectivity index (χ1v) is 9.81. The average Bonchev–Trinajstić information content (AvgIpc) is 2.50. The summed E-state index contributed by atoms with van der Waals surface area (Å²) in [5, 5.41) is 2.61. The number of nitrogens with one attached hydrogen (secondary N) is 1. The zero-order chi connectivity index (χ0) is 17.7. The lowest BCUT2D eigenvalue weighted by atomic mass is 10.3. The van der Waals surface area contributed by atoms with Crippen LogP contribution < -0.4 is 5.32 Å². The van der Waals surface area contributed by atoms with E-state index in [1.54, 1.807) is 12.1 Å². The van der Waals surface area contributed by atoms with E-state index < -0.39 is 21.5 Å². The molecule has 0 atom stereocenters. The summed E-state index contributed by atoms with van der Waals surface area (Å²) in [5.41, 5.74) is 0.390. The lowest BCUT2D eigenvalue weighted by Gasteiger charge is -2.07. The average molecular weight is 371 g/mol. The molecule has 0 aliphatic rings. The minimum atomic E-state index is -3.34. The summed E-state index contributed by atoms with van der Waals surface area (Å²) in [7, 11) is -3.34. The number of benzene rings is 2. The highest BCUT2D eigenvalue weighted by Crippen LogP contribution is 2.21. The summed E-state index contributed by atoms with van der Waals surface area (Å²) in [5.74, 6) is -1.76. The van der Waals surface area contributed by atoms with Gasteiger partial charge in [-0.05, 0) is 36.4 Å². The van der Waals surface area contributed by atoms with Gasteiger partial charge in [-0.3, -0.25) is 4.79 Å². The van der Waals surface area contributed by atoms with Crippen LogP contribution >= 0.6 is 11.8 Å². The standard InChI is InChI=1S/C16H15F2NO3S2/c1-24(21,22)13-4-2-3-11(9-13)19-16(20)7-8-23-12-5-6-14(17)15(18)10-12/h2-6,9-10H,7-8H2,1H3,(H,19,20). The van der Waals surface area contributed by atoms with Crippen molar-refractivity contribution in [3.05, 3.63) is 54.1 Å². The maximum atomic E-state index is 13.1. The highest BCUT2D eigenvalue weighted by molar-refractivity contribution is 7.99. The SMILES string of the molecule is CS(=O)(=O)c1cccc(NC(=O)CCSc2ccc(F)c(F)c2)c1. The normalized spacial score (nSPS) is 11.3. The van der Waals surface area contributed by atoms with Crippen molar-refractivity contribution in [2.24, 2.45) is 0 Å². The summed E-state index contributed by atoms with van der Waals surface area (Å²) in [6.45, 7) is 0. The molecule has 8 heteroatoms. The third-order valence-corrected chi connectivity index (χ3v) is 5.14. The third-order valence-electron chi connectivity index (χ3n) is 3.03. The van der Waals surface area contributed by atoms with Crippen LogP contribution in [0.3, 0.4) is 0 Å². The van der Waals surface area contributed by atoms with Gasteiger partial charge in [-0.2, -0.15) is 0 Å². The van der Waals surface area contributed by atoms with Gasteiger partial charge in [-0.15, -0.1) is 11.8 Å². The predicted octanol–water partition coefficient (Wildman–Crippen LogP) is 3.49. The van der Waals surface area contributed by atoms with Crippen LogP contribution in [0, 0.1) is 11.6 Å². The topological polar surface area (TPSA) is 63.2 Å². The molecular formula is C16H15F2NO3S2. The second kappa shape index (κ2) is 7.76. The quantitative estimate of drug-likeness (QED) is 0.790. The summed E-state index contributed by atoms with van der Waals surface area (Å²) in [4.78, 5) is 12.5. The molecule has 0 fully saturated rings. The predicted molar refractivity (Wildman–Crippen MR) is 89.9 cm³/mol. The van der Waals surface area contributed by atoms with Gasteiger partial charge in [0.15, 0.2) is 21.5 Å². The number of halogens is 2. The monoisotopic (exact) mass is 371 g/mol. The van der Waals surface area contributed by atoms with Gasteiger partial charge in [-0.25, -0.2) is 17.2 Å². The van der Waals surface area contributed by atoms with E-state index in [0.717, 1.165) is 18.4 Å². The molecule has 0 aromatic heterocycles. The van der Waals surface area contributed by atoms with Crippen LogP contribution in [0.2, 0.25) is 0 Å². The van der Waals surface area contributed by atoms with E-state index in [1.165, 1.54) is 30.0 Å². The zero-order valence-corrected chi connectivity index (χ0v) is 14.4. The number of carbonyl (C=O) groups is 1. The zero-order valence-electron chi connectivity index (χ0n) is 12.8. The molecule has 1 amide bonds. The molecule has 0 spiro atoms. The van der Waals surface area contributed by atoms with Gasteiger partial charge in [0.05, 0.1) is 4.90 Å². The fraction of sp³-hybridized carbons (Fsp3) is 0.188. The molecule has 0 radical (unpaired) electrons. The first kappa shape index (κ1) is 18.4. The van der Waals surface area contributed by atoms with E-state index >= 15 is 0 Å². The minimum absolute atomic E-state index is 0.122. The third kappa shape index (κ3) is 5.31. The molecule has 0 aliphatic carbocycles. The number of amides is 1. The summed E-state index contributed by atoms with van der Waals surface area (Å²) in [6.07, 6.45) is 1.24. The van der Waals surface area contributed by atoms with Gasteiger partial charge in [0.1, 0.15) is 0 Å². The Balaban J connectivity index is 1.88. The fourth-order valence-electron chi connectivity index (χ4n) is 1.86. The van der Waals surface area contributed by atoms with Crippen molar-refractivity contribution in [1.82, 2.24) is 0 Å². The van der Waals surface area contributed by atoms with Crippen LogP contribution in [0.1, 0.15) is 6.42 Å². The first-order valence-electron chi connectivity index (χ1n) is 6.93. The molecule has 0 heterocycles. The number of sulfone groups is 1. The number of anilines is 1. The molecule has 0 saturated heterocycles. The van der Waals surface area contributed by atoms with Gasteiger partial charge in [0.2, 0.25) is 5.91 Å². The number of hydrogen-bond donors (Lipinski definition) is 1. The van der Waals surface area contributed by atoms with Crippen molar-refractivity contribution < 1.29 is 22.0 Å². The minimum Gasteiger partial charge on any atom is -0.326 e. The Hall–Kier alpha value is -1.93. The second-order valence-corrected chi connectivity index (χ2v) is 8.21. The number of thioether (sulfide) groups is 1. The maximum Gasteiger partial charge on any atom is 0.225 e. The first-order chi connectivity index (χ1) is 11.3. The van der Waals surface area contributed by atoms with Crippen LogP contribution in [-0.2, 0) is 14.6 Å². The summed E-state index contributed by atoms with van der Waals surface area (Å²) >= 11 is 1.23. The Morgan fingerprint density at radius 3 is 2.54 bits per heavy atom. The summed E-state index contributed by atoms with van der Waals surface area (Å²) in [6, 6.07) is 9.52. The molecule has 0 saturated carbocycles. The van der Waals surface area contributed by atoms with Crippen molar-refractivity contribution in [3.8, 4) is 0 Å². The van der Waals surface area contributed by atoms with E-state index in [2.05, 4.69) is 5.32 Å². The maximum absolute atomic E-state index is 13.1. The lowest BCUT2D eigenvalue weighted by Crippen LogP contribution is -2.12. The Bertz CT molecular complexity index is 854. The molecule has 1 N–H and O–H groups in total. The molecule has 128 valence electrons. The Morgan fingerprint density at radius 2 is 1.88 bits per heavy atom. The van der Waals surface area contributed by atoms with Crippen molar-refractivity contribution in [1.29, 1.82) is 0 Å². The molecule has 0 unspecified atom stereocenters. The number of rotatable bonds is 6. The van der Waals surface area contributed by atoms with Crippen LogP contribution in [-0.4, -0.2) is 26.3 Å². The van der Waals surface area contributed by atoms with Crippen LogP contribution in [0.25, 0.3) is 0 Å². The van der Waals surface area contributed by atoms with E-state index in [9.17, 15) is 22.0 Å². The molecule has 2 rings (SSSR count). The fourth-order valence-corrected chi connectivity index (χ4v) is 3.40. The Kier molecular flexibility index (Phi) is 5.95. The van der Waals surface area contributed by atoms with Gasteiger partial charge in [-0.1, -0.05) is 6.07 Å². The van der Waals surface area contributed by atoms with Gasteiger partial charge < -0.3 is 5.32 Å². The molecule has 24 heavy (non-hydrogen) atoms. The Morgan fingerprint density at radius 1 is 1.12 bits per heavy atom. The van der Waals surface area contributed by atoms with E-state index in [4.69, 9.17) is 0 Å². The van der Waals surface area contributed by atoms with Gasteiger partial charge >= 0.3 is 0 Å². The lowest BCUT2D eigenvalue weighted by molar-refractivity contribution is -0.115. The highest BCUT2D eigenvalue weighted by Gasteiger charge is 2.09. The molecule has 0 bridgehead atoms. The molecule has 2 aromatic carbocycles. The second-order valence-electron chi connectivity index (χ2n) is 5.02. The molecule has 0 aliphatic heterocycles. The van der Waals surface area contributed by atoms with E-state index in [-0.39, 0.29) is 17.2 Å². The summed E-state index contributed by atoms with van der Waals surface area (Å²) < 4.78 is 48.8. The Labute approximate surface area is 143 Å². The smallest absolute Gasteiger partial charge is 0.225 e. The van der Waals surface area contributed by atoms with Gasteiger partial charge in [0, 0.05) is 29.0 Å². The van der Waals surface area contributed by atoms with Crippen LogP contribution in [0.15, 0.2) is 52.3 Å². The molecule has 4 nitrogen and oxygen atoms in total. The van der Waals surface area contributed by atoms with Crippen molar-refractivity contribution in [2.75, 3.05) is 17.3 Å². The van der Waals surface area contributed by atoms with Crippen molar-refractivity contribution in [2.45, 2.75) is 16.2 Å². The van der Waals surface area contributed by atoms with Crippen molar-refractivity contribution in [3.63, 3.8) is 0 Å². The number of carbonyl (C=O) groups excluding carboxylic acids is 1. The van der Waals surface area contributed by atoms with Crippen molar-refractivity contribution >= 4 is 33.2 Å². The van der Waals surface area contributed by atoms with E-state index in [1.807, 2.05) is 0 Å². The van der Waals surface area contributed by atoms with Crippen LogP contribution in [0.4, 0.5) is 14.5 Å². The van der Waals surface area contributed by atoms with E-state index in [0.29, 0.717) is 16.3 Å². The van der Waals surface area contributed by atoms with Gasteiger partial charge in [0.25, 0.3) is 0 Å². The molecule has 2 aromatic rings. The largest absolute Gasteiger partial charge is 0.326 e.